The van der Waals surface area contributed by atoms with E-state index in [-0.39, 0.29) is 23.0 Å². The number of sulfonamides is 1. The Morgan fingerprint density at radius 1 is 1.50 bits per heavy atom. The Morgan fingerprint density at radius 3 is 2.50 bits per heavy atom. The van der Waals surface area contributed by atoms with Crippen LogP contribution >= 0.6 is 0 Å². The molecule has 0 aliphatic carbocycles. The first-order valence-corrected chi connectivity index (χ1v) is 7.54. The van der Waals surface area contributed by atoms with Crippen LogP contribution in [-0.2, 0) is 17.1 Å². The minimum atomic E-state index is -3.59. The molecular weight excluding hydrogens is 282 g/mol. The van der Waals surface area contributed by atoms with Gasteiger partial charge in [0.15, 0.2) is 0 Å². The van der Waals surface area contributed by atoms with Gasteiger partial charge in [-0.3, -0.25) is 4.79 Å². The van der Waals surface area contributed by atoms with E-state index in [9.17, 15) is 18.3 Å². The highest BCUT2D eigenvalue weighted by Crippen LogP contribution is 2.15. The van der Waals surface area contributed by atoms with E-state index >= 15 is 0 Å². The lowest BCUT2D eigenvalue weighted by molar-refractivity contribution is 0.0363. The van der Waals surface area contributed by atoms with Crippen molar-refractivity contribution in [2.24, 2.45) is 7.05 Å². The molecule has 1 amide bonds. The van der Waals surface area contributed by atoms with E-state index in [4.69, 9.17) is 0 Å². The number of rotatable bonds is 5. The van der Waals surface area contributed by atoms with Crippen LogP contribution in [0.15, 0.2) is 17.2 Å². The van der Waals surface area contributed by atoms with E-state index in [1.165, 1.54) is 28.8 Å². The summed E-state index contributed by atoms with van der Waals surface area (Å²) in [6.07, 6.45) is 1.37. The van der Waals surface area contributed by atoms with E-state index in [1.54, 1.807) is 27.9 Å². The van der Waals surface area contributed by atoms with E-state index in [2.05, 4.69) is 4.72 Å². The summed E-state index contributed by atoms with van der Waals surface area (Å²) in [5, 5.41) is 9.72. The third kappa shape index (κ3) is 3.81. The first-order chi connectivity index (χ1) is 8.98. The van der Waals surface area contributed by atoms with Gasteiger partial charge < -0.3 is 14.6 Å². The van der Waals surface area contributed by atoms with Gasteiger partial charge in [-0.1, -0.05) is 0 Å². The molecule has 1 heterocycles. The molecular formula is C12H21N3O4S. The number of nitrogens with zero attached hydrogens (tertiary/aromatic N) is 2. The number of carbonyl (C=O) groups is 1. The molecule has 2 N–H and O–H groups in total. The zero-order chi connectivity index (χ0) is 15.7. The zero-order valence-electron chi connectivity index (χ0n) is 12.3. The molecule has 1 aromatic heterocycles. The van der Waals surface area contributed by atoms with Crippen molar-refractivity contribution in [3.05, 3.63) is 18.0 Å². The van der Waals surface area contributed by atoms with Crippen LogP contribution in [-0.4, -0.2) is 55.1 Å². The molecule has 1 aromatic rings. The van der Waals surface area contributed by atoms with Gasteiger partial charge in [-0.25, -0.2) is 13.1 Å². The van der Waals surface area contributed by atoms with Crippen molar-refractivity contribution < 1.29 is 18.3 Å². The van der Waals surface area contributed by atoms with Crippen molar-refractivity contribution >= 4 is 15.9 Å². The zero-order valence-corrected chi connectivity index (χ0v) is 13.2. The van der Waals surface area contributed by atoms with Crippen LogP contribution < -0.4 is 4.72 Å². The summed E-state index contributed by atoms with van der Waals surface area (Å²) in [7, 11) is 0.877. The van der Waals surface area contributed by atoms with Crippen LogP contribution in [0.5, 0.6) is 0 Å². The quantitative estimate of drug-likeness (QED) is 0.786. The van der Waals surface area contributed by atoms with Crippen LogP contribution in [0.3, 0.4) is 0 Å². The fourth-order valence-electron chi connectivity index (χ4n) is 1.86. The number of aryl methyl sites for hydroxylation is 1. The van der Waals surface area contributed by atoms with E-state index in [0.29, 0.717) is 0 Å². The highest BCUT2D eigenvalue weighted by atomic mass is 32.2. The Kier molecular flexibility index (Phi) is 4.62. The molecule has 0 aliphatic heterocycles. The number of aromatic nitrogens is 1. The van der Waals surface area contributed by atoms with Crippen molar-refractivity contribution in [1.29, 1.82) is 0 Å². The largest absolute Gasteiger partial charge is 0.389 e. The maximum atomic E-state index is 12.3. The molecule has 0 radical (unpaired) electrons. The Hall–Kier alpha value is -1.38. The van der Waals surface area contributed by atoms with E-state index in [1.807, 2.05) is 0 Å². The standard InChI is InChI=1S/C12H21N3O4S/c1-12(2,17)8-15(5)11(16)10-6-9(7-14(10)4)20(18,19)13-3/h6-7,13,17H,8H2,1-5H3. The second-order valence-corrected chi connectivity index (χ2v) is 7.24. The predicted octanol–water partition coefficient (Wildman–Crippen LogP) is -0.224. The van der Waals surface area contributed by atoms with Crippen molar-refractivity contribution in [3.8, 4) is 0 Å². The fourth-order valence-corrected chi connectivity index (χ4v) is 2.66. The van der Waals surface area contributed by atoms with Gasteiger partial charge in [0.25, 0.3) is 5.91 Å². The molecule has 0 aliphatic rings. The molecule has 0 atom stereocenters. The maximum absolute atomic E-state index is 12.3. The van der Waals surface area contributed by atoms with Crippen molar-refractivity contribution in [2.45, 2.75) is 24.3 Å². The Morgan fingerprint density at radius 2 is 2.05 bits per heavy atom. The summed E-state index contributed by atoms with van der Waals surface area (Å²) in [6, 6.07) is 1.31. The van der Waals surface area contributed by atoms with Gasteiger partial charge in [-0.15, -0.1) is 0 Å². The highest BCUT2D eigenvalue weighted by Gasteiger charge is 2.24. The van der Waals surface area contributed by atoms with Crippen LogP contribution in [0.2, 0.25) is 0 Å². The average molecular weight is 303 g/mol. The molecule has 1 rings (SSSR count). The third-order valence-corrected chi connectivity index (χ3v) is 4.13. The van der Waals surface area contributed by atoms with Crippen LogP contribution in [0.4, 0.5) is 0 Å². The summed E-state index contributed by atoms with van der Waals surface area (Å²) < 4.78 is 27.0. The maximum Gasteiger partial charge on any atom is 0.270 e. The molecule has 0 unspecified atom stereocenters. The summed E-state index contributed by atoms with van der Waals surface area (Å²) in [5.74, 6) is -0.354. The van der Waals surface area contributed by atoms with Gasteiger partial charge in [0.1, 0.15) is 10.6 Å². The second-order valence-electron chi connectivity index (χ2n) is 5.35. The molecule has 0 spiro atoms. The number of aliphatic hydroxyl groups is 1. The SMILES string of the molecule is CNS(=O)(=O)c1cc(C(=O)N(C)CC(C)(C)O)n(C)c1. The minimum Gasteiger partial charge on any atom is -0.389 e. The summed E-state index contributed by atoms with van der Waals surface area (Å²) in [5.41, 5.74) is -0.777. The number of amides is 1. The molecule has 0 aromatic carbocycles. The molecule has 0 bridgehead atoms. The Bertz CT molecular complexity index is 599. The molecule has 114 valence electrons. The summed E-state index contributed by atoms with van der Waals surface area (Å²) in [4.78, 5) is 13.6. The molecule has 7 nitrogen and oxygen atoms in total. The van der Waals surface area contributed by atoms with Crippen LogP contribution in [0.25, 0.3) is 0 Å². The summed E-state index contributed by atoms with van der Waals surface area (Å²) >= 11 is 0. The van der Waals surface area contributed by atoms with Crippen molar-refractivity contribution in [1.82, 2.24) is 14.2 Å². The Labute approximate surface area is 119 Å². The van der Waals surface area contributed by atoms with Crippen LogP contribution in [0, 0.1) is 0 Å². The smallest absolute Gasteiger partial charge is 0.270 e. The molecule has 0 saturated carbocycles. The monoisotopic (exact) mass is 303 g/mol. The van der Waals surface area contributed by atoms with E-state index < -0.39 is 15.6 Å². The first-order valence-electron chi connectivity index (χ1n) is 6.05. The average Bonchev–Trinajstić information content (AvgIpc) is 2.68. The van der Waals surface area contributed by atoms with E-state index in [0.717, 1.165) is 0 Å². The predicted molar refractivity (Wildman–Crippen MR) is 74.9 cm³/mol. The number of hydrogen-bond donors (Lipinski definition) is 2. The number of likely N-dealkylation sites (N-methyl/N-ethyl adjacent to an activating group) is 1. The lowest BCUT2D eigenvalue weighted by atomic mass is 10.1. The van der Waals surface area contributed by atoms with Gasteiger partial charge in [0.2, 0.25) is 10.0 Å². The number of nitrogens with one attached hydrogen (secondary N) is 1. The molecule has 0 saturated heterocycles. The third-order valence-electron chi connectivity index (χ3n) is 2.75. The first kappa shape index (κ1) is 16.7. The molecule has 0 fully saturated rings. The van der Waals surface area contributed by atoms with Crippen LogP contribution in [0.1, 0.15) is 24.3 Å². The topological polar surface area (TPSA) is 91.6 Å². The minimum absolute atomic E-state index is 0.0301. The second kappa shape index (κ2) is 5.55. The number of hydrogen-bond acceptors (Lipinski definition) is 4. The van der Waals surface area contributed by atoms with Gasteiger partial charge in [-0.2, -0.15) is 0 Å². The highest BCUT2D eigenvalue weighted by molar-refractivity contribution is 7.89. The molecule has 8 heteroatoms. The lowest BCUT2D eigenvalue weighted by Crippen LogP contribution is -2.40. The lowest BCUT2D eigenvalue weighted by Gasteiger charge is -2.25. The van der Waals surface area contributed by atoms with Crippen molar-refractivity contribution in [3.63, 3.8) is 0 Å². The van der Waals surface area contributed by atoms with Gasteiger partial charge in [0, 0.05) is 26.8 Å². The van der Waals surface area contributed by atoms with Crippen molar-refractivity contribution in [2.75, 3.05) is 20.6 Å². The summed E-state index contributed by atoms with van der Waals surface area (Å²) in [6.45, 7) is 3.34. The van der Waals surface area contributed by atoms with Gasteiger partial charge in [0.05, 0.1) is 5.60 Å². The van der Waals surface area contributed by atoms with Gasteiger partial charge >= 0.3 is 0 Å². The normalized spacial score (nSPS) is 12.5. The Balaban J connectivity index is 3.07. The molecule has 20 heavy (non-hydrogen) atoms. The van der Waals surface area contributed by atoms with Gasteiger partial charge in [-0.05, 0) is 27.0 Å². The number of carbonyl (C=O) groups excluding carboxylic acids is 1. The fraction of sp³-hybridized carbons (Fsp3) is 0.583.